The summed E-state index contributed by atoms with van der Waals surface area (Å²) in [6, 6.07) is -4.09. The standard InChI is InChI=1S/C11H20N4O7S/c12-1-8(18)13-5(2-16)9(19)15-7(4-23)10(20)14-6(3-17)11(21)22/h5-7,16-17,23H,1-4,12H2,(H,13,18)(H,14,20)(H,15,19)(H,21,22). The molecule has 3 amide bonds. The van der Waals surface area contributed by atoms with Gasteiger partial charge in [-0.15, -0.1) is 0 Å². The number of thiol groups is 1. The van der Waals surface area contributed by atoms with Crippen LogP contribution in [0.5, 0.6) is 0 Å². The summed E-state index contributed by atoms with van der Waals surface area (Å²) in [7, 11) is 0. The molecule has 0 saturated heterocycles. The molecule has 0 spiro atoms. The van der Waals surface area contributed by atoms with Crippen molar-refractivity contribution in [3.8, 4) is 0 Å². The molecular weight excluding hydrogens is 332 g/mol. The molecule has 0 heterocycles. The fourth-order valence-corrected chi connectivity index (χ4v) is 1.63. The quantitative estimate of drug-likeness (QED) is 0.180. The first-order valence-electron chi connectivity index (χ1n) is 6.46. The lowest BCUT2D eigenvalue weighted by atomic mass is 10.2. The Labute approximate surface area is 137 Å². The highest BCUT2D eigenvalue weighted by molar-refractivity contribution is 7.80. The Morgan fingerprint density at radius 3 is 1.78 bits per heavy atom. The first kappa shape index (κ1) is 21.1. The first-order valence-corrected chi connectivity index (χ1v) is 7.09. The molecule has 0 aromatic heterocycles. The van der Waals surface area contributed by atoms with E-state index in [1.165, 1.54) is 0 Å². The van der Waals surface area contributed by atoms with Gasteiger partial charge >= 0.3 is 5.97 Å². The Kier molecular flexibility index (Phi) is 9.89. The highest BCUT2D eigenvalue weighted by Crippen LogP contribution is 1.94. The molecule has 0 rings (SSSR count). The molecule has 12 heteroatoms. The maximum Gasteiger partial charge on any atom is 0.328 e. The number of amides is 3. The van der Waals surface area contributed by atoms with Crippen LogP contribution in [0.3, 0.4) is 0 Å². The minimum Gasteiger partial charge on any atom is -0.480 e. The van der Waals surface area contributed by atoms with Crippen LogP contribution in [0.4, 0.5) is 0 Å². The monoisotopic (exact) mass is 352 g/mol. The van der Waals surface area contributed by atoms with Crippen LogP contribution < -0.4 is 21.7 Å². The number of aliphatic carboxylic acids is 1. The molecule has 0 saturated carbocycles. The van der Waals surface area contributed by atoms with Crippen molar-refractivity contribution in [1.82, 2.24) is 16.0 Å². The maximum atomic E-state index is 11.9. The van der Waals surface area contributed by atoms with Crippen LogP contribution in [-0.4, -0.2) is 82.6 Å². The summed E-state index contributed by atoms with van der Waals surface area (Å²) in [5, 5.41) is 33.0. The van der Waals surface area contributed by atoms with Gasteiger partial charge in [-0.1, -0.05) is 0 Å². The van der Waals surface area contributed by atoms with Crippen molar-refractivity contribution >= 4 is 36.3 Å². The van der Waals surface area contributed by atoms with Crippen molar-refractivity contribution in [3.05, 3.63) is 0 Å². The van der Waals surface area contributed by atoms with E-state index in [0.29, 0.717) is 0 Å². The summed E-state index contributed by atoms with van der Waals surface area (Å²) >= 11 is 3.86. The number of aliphatic hydroxyl groups is 2. The average molecular weight is 352 g/mol. The second kappa shape index (κ2) is 10.8. The largest absolute Gasteiger partial charge is 0.480 e. The summed E-state index contributed by atoms with van der Waals surface area (Å²) in [5.74, 6) is -4.08. The van der Waals surface area contributed by atoms with Gasteiger partial charge in [-0.25, -0.2) is 4.79 Å². The van der Waals surface area contributed by atoms with Gasteiger partial charge in [-0.2, -0.15) is 12.6 Å². The van der Waals surface area contributed by atoms with Crippen molar-refractivity contribution in [2.45, 2.75) is 18.1 Å². The van der Waals surface area contributed by atoms with Gasteiger partial charge in [0, 0.05) is 5.75 Å². The third-order valence-electron chi connectivity index (χ3n) is 2.63. The topological polar surface area (TPSA) is 191 Å². The summed E-state index contributed by atoms with van der Waals surface area (Å²) in [4.78, 5) is 45.6. The Hall–Kier alpha value is -1.89. The number of carbonyl (C=O) groups is 4. The summed E-state index contributed by atoms with van der Waals surface area (Å²) in [5.41, 5.74) is 5.07. The number of carboxylic acids is 1. The molecule has 0 aliphatic carbocycles. The van der Waals surface area contributed by atoms with Crippen LogP contribution >= 0.6 is 12.6 Å². The SMILES string of the molecule is NCC(=O)NC(CO)C(=O)NC(CS)C(=O)NC(CO)C(=O)O. The third kappa shape index (κ3) is 7.27. The van der Waals surface area contributed by atoms with Crippen LogP contribution in [0.25, 0.3) is 0 Å². The highest BCUT2D eigenvalue weighted by atomic mass is 32.1. The van der Waals surface area contributed by atoms with Gasteiger partial charge in [0.15, 0.2) is 0 Å². The Morgan fingerprint density at radius 1 is 0.913 bits per heavy atom. The Morgan fingerprint density at radius 2 is 1.39 bits per heavy atom. The average Bonchev–Trinajstić information content (AvgIpc) is 2.53. The number of carboxylic acid groups (broad SMARTS) is 1. The van der Waals surface area contributed by atoms with Crippen LogP contribution in [0.15, 0.2) is 0 Å². The summed E-state index contributed by atoms with van der Waals surface area (Å²) in [6.45, 7) is -1.95. The van der Waals surface area contributed by atoms with E-state index < -0.39 is 61.6 Å². The zero-order chi connectivity index (χ0) is 18.0. The second-order valence-electron chi connectivity index (χ2n) is 4.33. The lowest BCUT2D eigenvalue weighted by Crippen LogP contribution is -2.58. The van der Waals surface area contributed by atoms with E-state index in [-0.39, 0.29) is 5.75 Å². The van der Waals surface area contributed by atoms with Gasteiger partial charge in [0.05, 0.1) is 19.8 Å². The molecule has 0 aliphatic heterocycles. The van der Waals surface area contributed by atoms with Crippen LogP contribution in [0, 0.1) is 0 Å². The minimum atomic E-state index is -1.53. The number of rotatable bonds is 10. The lowest BCUT2D eigenvalue weighted by Gasteiger charge is -2.22. The second-order valence-corrected chi connectivity index (χ2v) is 4.70. The number of aliphatic hydroxyl groups excluding tert-OH is 2. The van der Waals surface area contributed by atoms with Gasteiger partial charge in [-0.05, 0) is 0 Å². The summed E-state index contributed by atoms with van der Waals surface area (Å²) in [6.07, 6.45) is 0. The first-order chi connectivity index (χ1) is 10.8. The number of hydrogen-bond donors (Lipinski definition) is 8. The van der Waals surface area contributed by atoms with E-state index in [9.17, 15) is 19.2 Å². The van der Waals surface area contributed by atoms with Gasteiger partial charge < -0.3 is 37.0 Å². The molecule has 11 nitrogen and oxygen atoms in total. The van der Waals surface area contributed by atoms with Crippen LogP contribution in [0.2, 0.25) is 0 Å². The van der Waals surface area contributed by atoms with E-state index in [4.69, 9.17) is 21.1 Å². The molecule has 0 radical (unpaired) electrons. The minimum absolute atomic E-state index is 0.182. The molecule has 3 unspecified atom stereocenters. The van der Waals surface area contributed by atoms with E-state index in [1.807, 2.05) is 5.32 Å². The van der Waals surface area contributed by atoms with Gasteiger partial charge in [0.25, 0.3) is 0 Å². The van der Waals surface area contributed by atoms with Crippen molar-refractivity contribution in [2.24, 2.45) is 5.73 Å². The molecule has 0 bridgehead atoms. The lowest BCUT2D eigenvalue weighted by molar-refractivity contribution is -0.143. The van der Waals surface area contributed by atoms with Gasteiger partial charge in [0.1, 0.15) is 18.1 Å². The van der Waals surface area contributed by atoms with Crippen molar-refractivity contribution in [3.63, 3.8) is 0 Å². The highest BCUT2D eigenvalue weighted by Gasteiger charge is 2.28. The Bertz CT molecular complexity index is 448. The van der Waals surface area contributed by atoms with Crippen molar-refractivity contribution in [2.75, 3.05) is 25.5 Å². The van der Waals surface area contributed by atoms with E-state index in [1.54, 1.807) is 0 Å². The van der Waals surface area contributed by atoms with Gasteiger partial charge in [0.2, 0.25) is 17.7 Å². The molecule has 8 N–H and O–H groups in total. The predicted molar refractivity (Wildman–Crippen MR) is 80.5 cm³/mol. The van der Waals surface area contributed by atoms with Crippen molar-refractivity contribution in [1.29, 1.82) is 0 Å². The zero-order valence-electron chi connectivity index (χ0n) is 12.1. The number of nitrogens with one attached hydrogen (secondary N) is 3. The maximum absolute atomic E-state index is 11.9. The molecule has 0 aliphatic rings. The number of hydrogen-bond acceptors (Lipinski definition) is 8. The molecule has 132 valence electrons. The molecular formula is C11H20N4O7S. The fraction of sp³-hybridized carbons (Fsp3) is 0.636. The smallest absolute Gasteiger partial charge is 0.328 e. The third-order valence-corrected chi connectivity index (χ3v) is 3.00. The van der Waals surface area contributed by atoms with E-state index in [2.05, 4.69) is 23.3 Å². The normalized spacial score (nSPS) is 14.3. The van der Waals surface area contributed by atoms with Gasteiger partial charge in [-0.3, -0.25) is 14.4 Å². The predicted octanol–water partition coefficient (Wildman–Crippen LogP) is -4.60. The number of nitrogens with two attached hydrogens (primary N) is 1. The van der Waals surface area contributed by atoms with E-state index in [0.717, 1.165) is 0 Å². The molecule has 0 aromatic carbocycles. The molecule has 0 aromatic rings. The van der Waals surface area contributed by atoms with Crippen LogP contribution in [-0.2, 0) is 19.2 Å². The number of carbonyl (C=O) groups excluding carboxylic acids is 3. The summed E-state index contributed by atoms with van der Waals surface area (Å²) < 4.78 is 0. The molecule has 0 fully saturated rings. The zero-order valence-corrected chi connectivity index (χ0v) is 13.0. The van der Waals surface area contributed by atoms with E-state index >= 15 is 0 Å². The van der Waals surface area contributed by atoms with Crippen LogP contribution in [0.1, 0.15) is 0 Å². The molecule has 23 heavy (non-hydrogen) atoms. The Balaban J connectivity index is 4.78. The van der Waals surface area contributed by atoms with Crippen molar-refractivity contribution < 1.29 is 34.5 Å². The fourth-order valence-electron chi connectivity index (χ4n) is 1.37. The molecule has 3 atom stereocenters.